The molecule has 6 nitrogen and oxygen atoms in total. The van der Waals surface area contributed by atoms with Gasteiger partial charge in [-0.3, -0.25) is 0 Å². The Kier molecular flexibility index (Phi) is 4.28. The third-order valence-electron chi connectivity index (χ3n) is 4.13. The lowest BCUT2D eigenvalue weighted by molar-refractivity contribution is 0.481. The molecule has 0 bridgehead atoms. The van der Waals surface area contributed by atoms with Crippen LogP contribution in [-0.4, -0.2) is 46.3 Å². The van der Waals surface area contributed by atoms with Gasteiger partial charge in [-0.2, -0.15) is 0 Å². The maximum Gasteiger partial charge on any atom is 0.208 e. The van der Waals surface area contributed by atoms with Gasteiger partial charge in [-0.05, 0) is 12.5 Å². The van der Waals surface area contributed by atoms with Crippen molar-refractivity contribution in [1.82, 2.24) is 20.2 Å². The molecule has 0 amide bonds. The summed E-state index contributed by atoms with van der Waals surface area (Å²) in [5.74, 6) is 1.01. The molecule has 1 fully saturated rings. The number of aromatic nitrogens is 4. The zero-order valence-electron chi connectivity index (χ0n) is 13.3. The number of alkyl halides is 1. The van der Waals surface area contributed by atoms with Crippen LogP contribution in [0.3, 0.4) is 0 Å². The highest BCUT2D eigenvalue weighted by Crippen LogP contribution is 2.31. The number of fused-ring (bicyclic) bond motifs is 1. The van der Waals surface area contributed by atoms with Crippen LogP contribution >= 0.6 is 22.7 Å². The molecule has 0 aliphatic carbocycles. The highest BCUT2D eigenvalue weighted by Gasteiger charge is 2.23. The first-order chi connectivity index (χ1) is 11.8. The molecule has 0 unspecified atom stereocenters. The van der Waals surface area contributed by atoms with Crippen LogP contribution in [0.4, 0.5) is 15.3 Å². The summed E-state index contributed by atoms with van der Waals surface area (Å²) in [5, 5.41) is 10.3. The summed E-state index contributed by atoms with van der Waals surface area (Å²) in [7, 11) is 0. The molecule has 3 aromatic heterocycles. The molecule has 24 heavy (non-hydrogen) atoms. The standard InChI is InChI=1S/C15H17FN6S2/c1-2-10-7-11-13(17-9-18-14(11)23-10)21-3-5-22(6-4-21)15-20-19-12(8-16)24-15/h7,9H,2-6,8H2,1H3. The summed E-state index contributed by atoms with van der Waals surface area (Å²) >= 11 is 3.07. The van der Waals surface area contributed by atoms with Crippen LogP contribution in [0.5, 0.6) is 0 Å². The lowest BCUT2D eigenvalue weighted by Crippen LogP contribution is -2.46. The fraction of sp³-hybridized carbons (Fsp3) is 0.467. The number of piperazine rings is 1. The number of hydrogen-bond acceptors (Lipinski definition) is 8. The van der Waals surface area contributed by atoms with Gasteiger partial charge in [0.05, 0.1) is 5.39 Å². The van der Waals surface area contributed by atoms with Gasteiger partial charge >= 0.3 is 0 Å². The minimum atomic E-state index is -0.547. The molecule has 4 rings (SSSR count). The van der Waals surface area contributed by atoms with Gasteiger partial charge in [0, 0.05) is 31.1 Å². The van der Waals surface area contributed by atoms with Gasteiger partial charge in [0.25, 0.3) is 0 Å². The summed E-state index contributed by atoms with van der Waals surface area (Å²) in [4.78, 5) is 15.8. The van der Waals surface area contributed by atoms with E-state index in [0.29, 0.717) is 5.01 Å². The Balaban J connectivity index is 1.52. The molecule has 0 spiro atoms. The highest BCUT2D eigenvalue weighted by atomic mass is 32.1. The van der Waals surface area contributed by atoms with Crippen LogP contribution in [0, 0.1) is 0 Å². The Labute approximate surface area is 147 Å². The van der Waals surface area contributed by atoms with Crippen LogP contribution in [-0.2, 0) is 13.1 Å². The third kappa shape index (κ3) is 2.82. The van der Waals surface area contributed by atoms with Gasteiger partial charge in [0.15, 0.2) is 0 Å². The van der Waals surface area contributed by atoms with Crippen LogP contribution in [0.15, 0.2) is 12.4 Å². The van der Waals surface area contributed by atoms with E-state index in [-0.39, 0.29) is 0 Å². The molecular formula is C15H17FN6S2. The van der Waals surface area contributed by atoms with E-state index in [1.807, 2.05) is 0 Å². The molecule has 0 radical (unpaired) electrons. The topological polar surface area (TPSA) is 58.0 Å². The molecular weight excluding hydrogens is 347 g/mol. The summed E-state index contributed by atoms with van der Waals surface area (Å²) in [6.07, 6.45) is 2.67. The number of hydrogen-bond donors (Lipinski definition) is 0. The van der Waals surface area contributed by atoms with Gasteiger partial charge in [0.2, 0.25) is 5.13 Å². The number of anilines is 2. The van der Waals surface area contributed by atoms with E-state index in [1.54, 1.807) is 17.7 Å². The molecule has 126 valence electrons. The number of rotatable bonds is 4. The van der Waals surface area contributed by atoms with Crippen molar-refractivity contribution >= 4 is 43.8 Å². The Bertz CT molecular complexity index is 839. The van der Waals surface area contributed by atoms with E-state index in [2.05, 4.69) is 43.0 Å². The van der Waals surface area contributed by atoms with E-state index in [4.69, 9.17) is 0 Å². The predicted molar refractivity (Wildman–Crippen MR) is 95.9 cm³/mol. The predicted octanol–water partition coefficient (Wildman–Crippen LogP) is 2.90. The third-order valence-corrected chi connectivity index (χ3v) is 6.26. The Morgan fingerprint density at radius 1 is 1.08 bits per heavy atom. The monoisotopic (exact) mass is 364 g/mol. The second-order valence-corrected chi connectivity index (χ2v) is 7.72. The number of thiophene rings is 1. The first kappa shape index (κ1) is 15.6. The number of aryl methyl sites for hydroxylation is 1. The van der Waals surface area contributed by atoms with E-state index in [0.717, 1.165) is 53.8 Å². The lowest BCUT2D eigenvalue weighted by Gasteiger charge is -2.35. The van der Waals surface area contributed by atoms with Gasteiger partial charge in [-0.1, -0.05) is 18.3 Å². The normalized spacial score (nSPS) is 15.4. The van der Waals surface area contributed by atoms with E-state index < -0.39 is 6.67 Å². The van der Waals surface area contributed by atoms with Gasteiger partial charge < -0.3 is 9.80 Å². The average molecular weight is 364 g/mol. The summed E-state index contributed by atoms with van der Waals surface area (Å²) in [5.41, 5.74) is 0. The first-order valence-electron chi connectivity index (χ1n) is 7.90. The molecule has 3 aromatic rings. The van der Waals surface area contributed by atoms with Crippen molar-refractivity contribution in [3.05, 3.63) is 22.3 Å². The van der Waals surface area contributed by atoms with Gasteiger partial charge in [-0.25, -0.2) is 14.4 Å². The number of halogens is 1. The molecule has 9 heteroatoms. The quantitative estimate of drug-likeness (QED) is 0.709. The van der Waals surface area contributed by atoms with Gasteiger partial charge in [-0.15, -0.1) is 21.5 Å². The summed E-state index contributed by atoms with van der Waals surface area (Å²) in [6, 6.07) is 2.21. The zero-order valence-corrected chi connectivity index (χ0v) is 14.9. The van der Waals surface area contributed by atoms with Gasteiger partial charge in [0.1, 0.15) is 28.7 Å². The van der Waals surface area contributed by atoms with Crippen molar-refractivity contribution in [2.24, 2.45) is 0 Å². The minimum Gasteiger partial charge on any atom is -0.352 e. The van der Waals surface area contributed by atoms with Crippen molar-refractivity contribution in [2.45, 2.75) is 20.0 Å². The average Bonchev–Trinajstić information content (AvgIpc) is 3.28. The van der Waals surface area contributed by atoms with E-state index >= 15 is 0 Å². The highest BCUT2D eigenvalue weighted by molar-refractivity contribution is 7.18. The fourth-order valence-electron chi connectivity index (χ4n) is 2.86. The van der Waals surface area contributed by atoms with Crippen molar-refractivity contribution in [3.63, 3.8) is 0 Å². The van der Waals surface area contributed by atoms with Crippen molar-refractivity contribution in [1.29, 1.82) is 0 Å². The van der Waals surface area contributed by atoms with Crippen LogP contribution in [0.25, 0.3) is 10.2 Å². The summed E-state index contributed by atoms with van der Waals surface area (Å²) in [6.45, 7) is 4.98. The fourth-order valence-corrected chi connectivity index (χ4v) is 4.53. The summed E-state index contributed by atoms with van der Waals surface area (Å²) < 4.78 is 12.6. The second-order valence-electron chi connectivity index (χ2n) is 5.57. The van der Waals surface area contributed by atoms with Crippen molar-refractivity contribution in [3.8, 4) is 0 Å². The molecule has 0 saturated carbocycles. The Morgan fingerprint density at radius 3 is 2.58 bits per heavy atom. The Morgan fingerprint density at radius 2 is 1.88 bits per heavy atom. The molecule has 1 aliphatic heterocycles. The molecule has 0 aromatic carbocycles. The van der Waals surface area contributed by atoms with Crippen molar-refractivity contribution < 1.29 is 4.39 Å². The van der Waals surface area contributed by atoms with Crippen LogP contribution < -0.4 is 9.80 Å². The maximum absolute atomic E-state index is 12.6. The molecule has 1 saturated heterocycles. The number of nitrogens with zero attached hydrogens (tertiary/aromatic N) is 6. The molecule has 0 N–H and O–H groups in total. The maximum atomic E-state index is 12.6. The van der Waals surface area contributed by atoms with E-state index in [9.17, 15) is 4.39 Å². The smallest absolute Gasteiger partial charge is 0.208 e. The van der Waals surface area contributed by atoms with Crippen LogP contribution in [0.1, 0.15) is 16.8 Å². The molecule has 0 atom stereocenters. The minimum absolute atomic E-state index is 0.440. The second kappa shape index (κ2) is 6.56. The van der Waals surface area contributed by atoms with Crippen LogP contribution in [0.2, 0.25) is 0 Å². The Hall–Kier alpha value is -1.87. The first-order valence-corrected chi connectivity index (χ1v) is 9.53. The van der Waals surface area contributed by atoms with E-state index in [1.165, 1.54) is 16.2 Å². The lowest BCUT2D eigenvalue weighted by atomic mass is 10.2. The largest absolute Gasteiger partial charge is 0.352 e. The molecule has 4 heterocycles. The SMILES string of the molecule is CCc1cc2c(N3CCN(c4nnc(CF)s4)CC3)ncnc2s1. The molecule has 1 aliphatic rings. The van der Waals surface area contributed by atoms with Crippen molar-refractivity contribution in [2.75, 3.05) is 36.0 Å². The zero-order chi connectivity index (χ0) is 16.5.